The highest BCUT2D eigenvalue weighted by molar-refractivity contribution is 5.94. The number of anilines is 2. The van der Waals surface area contributed by atoms with Crippen molar-refractivity contribution in [3.05, 3.63) is 53.6 Å². The number of benzene rings is 2. The molecule has 0 unspecified atom stereocenters. The van der Waals surface area contributed by atoms with Gasteiger partial charge in [-0.1, -0.05) is 12.1 Å². The zero-order valence-corrected chi connectivity index (χ0v) is 13.3. The van der Waals surface area contributed by atoms with Crippen LogP contribution < -0.4 is 15.4 Å². The Balaban J connectivity index is 1.88. The van der Waals surface area contributed by atoms with Gasteiger partial charge in [-0.3, -0.25) is 4.79 Å². The third-order valence-electron chi connectivity index (χ3n) is 3.50. The predicted molar refractivity (Wildman–Crippen MR) is 90.6 cm³/mol. The van der Waals surface area contributed by atoms with E-state index in [0.29, 0.717) is 6.61 Å². The first-order valence-corrected chi connectivity index (χ1v) is 7.43. The SMILES string of the molecule is CCOc1ccc(NCC(=O)Nc2cccc(C)c2C)cc1. The Labute approximate surface area is 131 Å². The molecule has 0 spiro atoms. The highest BCUT2D eigenvalue weighted by Gasteiger charge is 2.06. The monoisotopic (exact) mass is 298 g/mol. The van der Waals surface area contributed by atoms with E-state index in [4.69, 9.17) is 4.74 Å². The number of nitrogens with one attached hydrogen (secondary N) is 2. The molecule has 2 aromatic rings. The summed E-state index contributed by atoms with van der Waals surface area (Å²) in [6.45, 7) is 6.85. The van der Waals surface area contributed by atoms with E-state index in [-0.39, 0.29) is 12.5 Å². The van der Waals surface area contributed by atoms with E-state index in [9.17, 15) is 4.79 Å². The summed E-state index contributed by atoms with van der Waals surface area (Å²) in [5.41, 5.74) is 4.01. The summed E-state index contributed by atoms with van der Waals surface area (Å²) in [6, 6.07) is 13.5. The number of ether oxygens (including phenoxy) is 1. The van der Waals surface area contributed by atoms with Crippen LogP contribution in [0.4, 0.5) is 11.4 Å². The molecule has 0 saturated heterocycles. The Morgan fingerprint density at radius 1 is 1.09 bits per heavy atom. The van der Waals surface area contributed by atoms with Crippen molar-refractivity contribution >= 4 is 17.3 Å². The van der Waals surface area contributed by atoms with Gasteiger partial charge in [-0.25, -0.2) is 0 Å². The van der Waals surface area contributed by atoms with Crippen molar-refractivity contribution < 1.29 is 9.53 Å². The first-order valence-electron chi connectivity index (χ1n) is 7.43. The lowest BCUT2D eigenvalue weighted by Gasteiger charge is -2.11. The summed E-state index contributed by atoms with van der Waals surface area (Å²) >= 11 is 0. The highest BCUT2D eigenvalue weighted by atomic mass is 16.5. The molecule has 0 radical (unpaired) electrons. The Morgan fingerprint density at radius 3 is 2.50 bits per heavy atom. The standard InChI is InChI=1S/C18H22N2O2/c1-4-22-16-10-8-15(9-11-16)19-12-18(21)20-17-7-5-6-13(2)14(17)3/h5-11,19H,4,12H2,1-3H3,(H,20,21). The molecular formula is C18H22N2O2. The number of carbonyl (C=O) groups is 1. The molecule has 0 atom stereocenters. The lowest BCUT2D eigenvalue weighted by molar-refractivity contribution is -0.114. The second kappa shape index (κ2) is 7.50. The van der Waals surface area contributed by atoms with Gasteiger partial charge in [0, 0.05) is 11.4 Å². The van der Waals surface area contributed by atoms with Crippen LogP contribution in [0.5, 0.6) is 5.75 Å². The van der Waals surface area contributed by atoms with E-state index >= 15 is 0 Å². The van der Waals surface area contributed by atoms with E-state index in [1.807, 2.05) is 63.2 Å². The maximum Gasteiger partial charge on any atom is 0.243 e. The van der Waals surface area contributed by atoms with Gasteiger partial charge in [-0.2, -0.15) is 0 Å². The van der Waals surface area contributed by atoms with Crippen molar-refractivity contribution in [2.24, 2.45) is 0 Å². The molecule has 116 valence electrons. The minimum Gasteiger partial charge on any atom is -0.494 e. The first-order chi connectivity index (χ1) is 10.6. The molecule has 0 aliphatic carbocycles. The number of amides is 1. The molecule has 0 fully saturated rings. The van der Waals surface area contributed by atoms with Gasteiger partial charge in [0.25, 0.3) is 0 Å². The molecule has 0 aliphatic heterocycles. The van der Waals surface area contributed by atoms with Crippen molar-refractivity contribution in [2.75, 3.05) is 23.8 Å². The quantitative estimate of drug-likeness (QED) is 0.854. The lowest BCUT2D eigenvalue weighted by atomic mass is 10.1. The normalized spacial score (nSPS) is 10.1. The molecule has 4 heteroatoms. The van der Waals surface area contributed by atoms with Crippen LogP contribution in [-0.2, 0) is 4.79 Å². The molecule has 0 aromatic heterocycles. The van der Waals surface area contributed by atoms with Gasteiger partial charge in [0.15, 0.2) is 0 Å². The van der Waals surface area contributed by atoms with Crippen LogP contribution in [0.3, 0.4) is 0 Å². The van der Waals surface area contributed by atoms with Gasteiger partial charge in [0.2, 0.25) is 5.91 Å². The van der Waals surface area contributed by atoms with Crippen LogP contribution in [0.25, 0.3) is 0 Å². The Kier molecular flexibility index (Phi) is 5.42. The van der Waals surface area contributed by atoms with Gasteiger partial charge < -0.3 is 15.4 Å². The second-order valence-electron chi connectivity index (χ2n) is 5.11. The van der Waals surface area contributed by atoms with E-state index in [1.165, 1.54) is 0 Å². The fourth-order valence-electron chi connectivity index (χ4n) is 2.10. The summed E-state index contributed by atoms with van der Waals surface area (Å²) in [6.07, 6.45) is 0. The minimum absolute atomic E-state index is 0.0671. The third-order valence-corrected chi connectivity index (χ3v) is 3.50. The summed E-state index contributed by atoms with van der Waals surface area (Å²) in [5, 5.41) is 6.03. The summed E-state index contributed by atoms with van der Waals surface area (Å²) in [7, 11) is 0. The maximum atomic E-state index is 12.0. The van der Waals surface area contributed by atoms with E-state index in [1.54, 1.807) is 0 Å². The fraction of sp³-hybridized carbons (Fsp3) is 0.278. The molecule has 2 N–H and O–H groups in total. The summed E-state index contributed by atoms with van der Waals surface area (Å²) < 4.78 is 5.38. The predicted octanol–water partition coefficient (Wildman–Crippen LogP) is 3.75. The zero-order valence-electron chi connectivity index (χ0n) is 13.3. The van der Waals surface area contributed by atoms with Crippen LogP contribution >= 0.6 is 0 Å². The fourth-order valence-corrected chi connectivity index (χ4v) is 2.10. The van der Waals surface area contributed by atoms with E-state index in [0.717, 1.165) is 28.3 Å². The van der Waals surface area contributed by atoms with Gasteiger partial charge in [-0.05, 0) is 62.2 Å². The average Bonchev–Trinajstić information content (AvgIpc) is 2.51. The van der Waals surface area contributed by atoms with Gasteiger partial charge in [0.05, 0.1) is 13.2 Å². The summed E-state index contributed by atoms with van der Waals surface area (Å²) in [4.78, 5) is 12.0. The second-order valence-corrected chi connectivity index (χ2v) is 5.11. The summed E-state index contributed by atoms with van der Waals surface area (Å²) in [5.74, 6) is 0.760. The minimum atomic E-state index is -0.0671. The van der Waals surface area contributed by atoms with E-state index in [2.05, 4.69) is 10.6 Å². The van der Waals surface area contributed by atoms with Crippen molar-refractivity contribution in [3.63, 3.8) is 0 Å². The van der Waals surface area contributed by atoms with Crippen LogP contribution in [0, 0.1) is 13.8 Å². The molecule has 22 heavy (non-hydrogen) atoms. The molecule has 2 rings (SSSR count). The number of hydrogen-bond acceptors (Lipinski definition) is 3. The molecule has 1 amide bonds. The van der Waals surface area contributed by atoms with Crippen LogP contribution in [0.15, 0.2) is 42.5 Å². The molecule has 4 nitrogen and oxygen atoms in total. The average molecular weight is 298 g/mol. The number of rotatable bonds is 6. The van der Waals surface area contributed by atoms with E-state index < -0.39 is 0 Å². The van der Waals surface area contributed by atoms with Crippen LogP contribution in [0.1, 0.15) is 18.1 Å². The lowest BCUT2D eigenvalue weighted by Crippen LogP contribution is -2.22. The Hall–Kier alpha value is -2.49. The third kappa shape index (κ3) is 4.25. The van der Waals surface area contributed by atoms with Crippen molar-refractivity contribution in [1.82, 2.24) is 0 Å². The number of hydrogen-bond donors (Lipinski definition) is 2. The zero-order chi connectivity index (χ0) is 15.9. The molecular weight excluding hydrogens is 276 g/mol. The first kappa shape index (κ1) is 15.9. The van der Waals surface area contributed by atoms with Gasteiger partial charge in [-0.15, -0.1) is 0 Å². The molecule has 0 heterocycles. The largest absolute Gasteiger partial charge is 0.494 e. The van der Waals surface area contributed by atoms with Crippen molar-refractivity contribution in [2.45, 2.75) is 20.8 Å². The van der Waals surface area contributed by atoms with Crippen molar-refractivity contribution in [1.29, 1.82) is 0 Å². The Morgan fingerprint density at radius 2 is 1.82 bits per heavy atom. The number of carbonyl (C=O) groups excluding carboxylic acids is 1. The van der Waals surface area contributed by atoms with Gasteiger partial charge >= 0.3 is 0 Å². The maximum absolute atomic E-state index is 12.0. The molecule has 0 saturated carbocycles. The Bertz CT molecular complexity index is 636. The number of aryl methyl sites for hydroxylation is 1. The highest BCUT2D eigenvalue weighted by Crippen LogP contribution is 2.18. The molecule has 0 bridgehead atoms. The van der Waals surface area contributed by atoms with Crippen molar-refractivity contribution in [3.8, 4) is 5.75 Å². The van der Waals surface area contributed by atoms with Crippen LogP contribution in [0.2, 0.25) is 0 Å². The molecule has 2 aromatic carbocycles. The topological polar surface area (TPSA) is 50.4 Å². The smallest absolute Gasteiger partial charge is 0.243 e. The van der Waals surface area contributed by atoms with Crippen LogP contribution in [-0.4, -0.2) is 19.1 Å². The van der Waals surface area contributed by atoms with Gasteiger partial charge in [0.1, 0.15) is 5.75 Å². The molecule has 0 aliphatic rings.